The van der Waals surface area contributed by atoms with Crippen LogP contribution in [0.5, 0.6) is 0 Å². The van der Waals surface area contributed by atoms with Gasteiger partial charge in [-0.1, -0.05) is 51.0 Å². The summed E-state index contributed by atoms with van der Waals surface area (Å²) in [5.41, 5.74) is -1.39. The number of alkyl carbamates (subject to hydrolysis) is 1. The minimum atomic E-state index is -4.08. The number of allylic oxidation sites excluding steroid dienone is 1. The molecule has 2 saturated carbocycles. The maximum Gasteiger partial charge on any atom is 0.410 e. The van der Waals surface area contributed by atoms with Gasteiger partial charge in [-0.3, -0.25) is 24.0 Å². The Morgan fingerprint density at radius 1 is 1.09 bits per heavy atom. The van der Waals surface area contributed by atoms with Crippen LogP contribution in [0.25, 0.3) is 0 Å². The molecule has 0 spiro atoms. The van der Waals surface area contributed by atoms with E-state index in [2.05, 4.69) is 15.4 Å². The molecule has 1 saturated heterocycles. The standard InChI is InChI=1S/C39H54FN5O9S/c1-24(2)19-38(16-17-38)55(51,52)43-34(48)39-20-26(39)13-9-7-6-8-10-15-30(41-35(49)54-37(3,4)5)33(47)45-22-27(18-31(45)32(46)42-39)53-36(50)44-21-25-12-11-14-29(40)28(25)23-44/h9,11-14,24,26-27,30-31H,6-8,10,15-23H2,1-5H3,(H,41,49)(H,42,46)(H,43,48)/t26-,27-,30+,31+,39-/m1/s1. The summed E-state index contributed by atoms with van der Waals surface area (Å²) >= 11 is 0. The van der Waals surface area contributed by atoms with Crippen LogP contribution in [0.15, 0.2) is 30.4 Å². The van der Waals surface area contributed by atoms with Gasteiger partial charge in [0.25, 0.3) is 5.91 Å². The third-order valence-electron chi connectivity index (χ3n) is 11.2. The molecular weight excluding hydrogens is 734 g/mol. The molecule has 5 atom stereocenters. The summed E-state index contributed by atoms with van der Waals surface area (Å²) in [7, 11) is -4.08. The van der Waals surface area contributed by atoms with Crippen molar-refractivity contribution in [2.75, 3.05) is 6.54 Å². The van der Waals surface area contributed by atoms with Gasteiger partial charge >= 0.3 is 12.2 Å². The van der Waals surface area contributed by atoms with Gasteiger partial charge in [0.1, 0.15) is 35.1 Å². The molecular formula is C39H54FN5O9S. The van der Waals surface area contributed by atoms with Gasteiger partial charge in [0.15, 0.2) is 0 Å². The summed E-state index contributed by atoms with van der Waals surface area (Å²) in [6.07, 6.45) is 5.48. The van der Waals surface area contributed by atoms with Crippen LogP contribution < -0.4 is 15.4 Å². The molecule has 0 aromatic heterocycles. The fourth-order valence-electron chi connectivity index (χ4n) is 8.13. The summed E-state index contributed by atoms with van der Waals surface area (Å²) in [4.78, 5) is 71.7. The van der Waals surface area contributed by atoms with E-state index in [-0.39, 0.29) is 44.8 Å². The second kappa shape index (κ2) is 15.4. The molecule has 3 N–H and O–H groups in total. The highest BCUT2D eigenvalue weighted by molar-refractivity contribution is 7.91. The van der Waals surface area contributed by atoms with Gasteiger partial charge in [0.2, 0.25) is 21.8 Å². The van der Waals surface area contributed by atoms with E-state index < -0.39 is 85.7 Å². The smallest absolute Gasteiger partial charge is 0.410 e. The second-order valence-corrected chi connectivity index (χ2v) is 19.3. The molecule has 0 unspecified atom stereocenters. The van der Waals surface area contributed by atoms with Crippen molar-refractivity contribution in [3.63, 3.8) is 0 Å². The highest BCUT2D eigenvalue weighted by atomic mass is 32.2. The Morgan fingerprint density at radius 2 is 1.84 bits per heavy atom. The molecule has 14 nitrogen and oxygen atoms in total. The Morgan fingerprint density at radius 3 is 2.51 bits per heavy atom. The number of hydrogen-bond donors (Lipinski definition) is 3. The Kier molecular flexibility index (Phi) is 11.3. The maximum absolute atomic E-state index is 14.5. The Labute approximate surface area is 322 Å². The first-order valence-corrected chi connectivity index (χ1v) is 20.9. The van der Waals surface area contributed by atoms with Crippen molar-refractivity contribution in [3.05, 3.63) is 47.3 Å². The lowest BCUT2D eigenvalue weighted by Gasteiger charge is -2.30. The average Bonchev–Trinajstić information content (AvgIpc) is 3.90. The SMILES string of the molecule is CC(C)CC1(S(=O)(=O)NC(=O)[C@@]23C[C@H]2C=CCCCCC[C@H](NC(=O)OC(C)(C)C)C(=O)N2C[C@H](OC(=O)N4Cc5cccc(F)c5C4)C[C@H]2C(=O)N3)CC1. The summed E-state index contributed by atoms with van der Waals surface area (Å²) in [6, 6.07) is 2.29. The van der Waals surface area contributed by atoms with Crippen molar-refractivity contribution in [2.24, 2.45) is 11.8 Å². The van der Waals surface area contributed by atoms with Crippen molar-refractivity contribution < 1.29 is 46.3 Å². The van der Waals surface area contributed by atoms with Gasteiger partial charge in [-0.05, 0) is 83.3 Å². The molecule has 3 heterocycles. The van der Waals surface area contributed by atoms with Crippen LogP contribution >= 0.6 is 0 Å². The van der Waals surface area contributed by atoms with E-state index in [9.17, 15) is 36.8 Å². The van der Waals surface area contributed by atoms with Crippen molar-refractivity contribution in [1.82, 2.24) is 25.2 Å². The molecule has 302 valence electrons. The number of rotatable bonds is 7. The molecule has 55 heavy (non-hydrogen) atoms. The number of halogens is 1. The number of hydrogen-bond acceptors (Lipinski definition) is 9. The van der Waals surface area contributed by atoms with E-state index >= 15 is 0 Å². The van der Waals surface area contributed by atoms with Gasteiger partial charge in [0.05, 0.1) is 17.8 Å². The van der Waals surface area contributed by atoms with Crippen LogP contribution in [-0.2, 0) is 47.0 Å². The third-order valence-corrected chi connectivity index (χ3v) is 13.3. The topological polar surface area (TPSA) is 181 Å². The predicted octanol–water partition coefficient (Wildman–Crippen LogP) is 4.56. The number of nitrogens with one attached hydrogen (secondary N) is 3. The number of nitrogens with zero attached hydrogens (tertiary/aromatic N) is 2. The zero-order valence-corrected chi connectivity index (χ0v) is 33.1. The molecule has 1 aromatic rings. The number of sulfonamides is 1. The molecule has 2 aliphatic carbocycles. The van der Waals surface area contributed by atoms with Gasteiger partial charge in [-0.25, -0.2) is 22.4 Å². The summed E-state index contributed by atoms with van der Waals surface area (Å²) < 4.78 is 54.2. The summed E-state index contributed by atoms with van der Waals surface area (Å²) in [6.45, 7) is 8.87. The van der Waals surface area contributed by atoms with Crippen molar-refractivity contribution >= 4 is 39.9 Å². The van der Waals surface area contributed by atoms with Crippen LogP contribution in [0.3, 0.4) is 0 Å². The van der Waals surface area contributed by atoms with Gasteiger partial charge in [-0.15, -0.1) is 0 Å². The van der Waals surface area contributed by atoms with E-state index in [0.29, 0.717) is 43.2 Å². The molecule has 16 heteroatoms. The predicted molar refractivity (Wildman–Crippen MR) is 199 cm³/mol. The summed E-state index contributed by atoms with van der Waals surface area (Å²) in [5.74, 6) is -2.98. The monoisotopic (exact) mass is 787 g/mol. The molecule has 0 bridgehead atoms. The van der Waals surface area contributed by atoms with Crippen LogP contribution in [0.1, 0.15) is 110 Å². The molecule has 3 aliphatic heterocycles. The van der Waals surface area contributed by atoms with Crippen molar-refractivity contribution in [3.8, 4) is 0 Å². The number of carbonyl (C=O) groups is 5. The van der Waals surface area contributed by atoms with Gasteiger partial charge in [-0.2, -0.15) is 0 Å². The zero-order chi connectivity index (χ0) is 39.9. The number of carbonyl (C=O) groups excluding carboxylic acids is 5. The van der Waals surface area contributed by atoms with E-state index in [1.807, 2.05) is 26.0 Å². The number of ether oxygens (including phenoxy) is 2. The first kappa shape index (κ1) is 40.5. The average molecular weight is 788 g/mol. The highest BCUT2D eigenvalue weighted by Gasteiger charge is 2.64. The lowest BCUT2D eigenvalue weighted by atomic mass is 10.0. The Hall–Kier alpha value is -4.21. The number of amides is 5. The normalized spacial score (nSPS) is 27.8. The van der Waals surface area contributed by atoms with Gasteiger partial charge in [0, 0.05) is 24.4 Å². The van der Waals surface area contributed by atoms with Crippen LogP contribution in [0, 0.1) is 17.7 Å². The summed E-state index contributed by atoms with van der Waals surface area (Å²) in [5, 5.41) is 5.51. The first-order valence-electron chi connectivity index (χ1n) is 19.4. The molecule has 5 aliphatic rings. The third kappa shape index (κ3) is 8.94. The lowest BCUT2D eigenvalue weighted by Crippen LogP contribution is -2.59. The second-order valence-electron chi connectivity index (χ2n) is 17.2. The minimum absolute atomic E-state index is 0.00407. The highest BCUT2D eigenvalue weighted by Crippen LogP contribution is 2.50. The van der Waals surface area contributed by atoms with E-state index in [4.69, 9.17) is 9.47 Å². The molecule has 0 radical (unpaired) electrons. The maximum atomic E-state index is 14.5. The Balaban J connectivity index is 1.26. The van der Waals surface area contributed by atoms with E-state index in [0.717, 1.165) is 12.8 Å². The first-order chi connectivity index (χ1) is 25.8. The fourth-order valence-corrected chi connectivity index (χ4v) is 9.96. The zero-order valence-electron chi connectivity index (χ0n) is 32.3. The number of fused-ring (bicyclic) bond motifs is 3. The van der Waals surface area contributed by atoms with Crippen molar-refractivity contribution in [2.45, 2.75) is 146 Å². The van der Waals surface area contributed by atoms with E-state index in [1.165, 1.54) is 15.9 Å². The number of benzene rings is 1. The molecule has 5 amide bonds. The fraction of sp³-hybridized carbons (Fsp3) is 0.667. The Bertz CT molecular complexity index is 1840. The minimum Gasteiger partial charge on any atom is -0.444 e. The van der Waals surface area contributed by atoms with E-state index in [1.54, 1.807) is 32.9 Å². The molecule has 3 fully saturated rings. The largest absolute Gasteiger partial charge is 0.444 e. The van der Waals surface area contributed by atoms with Crippen LogP contribution in [0.4, 0.5) is 14.0 Å². The molecule has 6 rings (SSSR count). The van der Waals surface area contributed by atoms with Crippen LogP contribution in [0.2, 0.25) is 0 Å². The lowest BCUT2D eigenvalue weighted by molar-refractivity contribution is -0.141. The quantitative estimate of drug-likeness (QED) is 0.334. The van der Waals surface area contributed by atoms with Crippen molar-refractivity contribution in [1.29, 1.82) is 0 Å². The van der Waals surface area contributed by atoms with Crippen LogP contribution in [-0.4, -0.2) is 88.7 Å². The van der Waals surface area contributed by atoms with Gasteiger partial charge < -0.3 is 25.0 Å². The molecule has 1 aromatic carbocycles.